The van der Waals surface area contributed by atoms with Gasteiger partial charge in [0.05, 0.1) is 16.7 Å². The summed E-state index contributed by atoms with van der Waals surface area (Å²) in [5.41, 5.74) is 9.90. The van der Waals surface area contributed by atoms with E-state index in [0.717, 1.165) is 33.7 Å². The van der Waals surface area contributed by atoms with Gasteiger partial charge in [-0.05, 0) is 113 Å². The van der Waals surface area contributed by atoms with Crippen LogP contribution in [0.2, 0.25) is 0 Å². The fourth-order valence-electron chi connectivity index (χ4n) is 9.93. The second kappa shape index (κ2) is 14.1. The van der Waals surface area contributed by atoms with Gasteiger partial charge in [0.25, 0.3) is 0 Å². The molecule has 3 nitrogen and oxygen atoms in total. The molecule has 0 aliphatic rings. The minimum atomic E-state index is 0.688. The Morgan fingerprint density at radius 2 is 0.841 bits per heavy atom. The Bertz CT molecular complexity index is 3900. The molecule has 0 spiro atoms. The molecule has 0 saturated heterocycles. The van der Waals surface area contributed by atoms with Crippen molar-refractivity contribution in [1.29, 1.82) is 0 Å². The molecule has 0 bridgehead atoms. The lowest BCUT2D eigenvalue weighted by molar-refractivity contribution is 1.05. The van der Waals surface area contributed by atoms with Crippen molar-refractivity contribution in [3.63, 3.8) is 0 Å². The summed E-state index contributed by atoms with van der Waals surface area (Å²) in [7, 11) is 0. The second-order valence-corrected chi connectivity index (χ2v) is 16.5. The van der Waals surface area contributed by atoms with Crippen molar-refractivity contribution in [1.82, 2.24) is 14.5 Å². The van der Waals surface area contributed by atoms with E-state index in [1.54, 1.807) is 0 Å². The first-order valence-corrected chi connectivity index (χ1v) is 21.6. The molecule has 292 valence electrons. The van der Waals surface area contributed by atoms with Crippen LogP contribution in [0.1, 0.15) is 0 Å². The number of fused-ring (bicyclic) bond motifs is 11. The highest BCUT2D eigenvalue weighted by Gasteiger charge is 2.20. The lowest BCUT2D eigenvalue weighted by Gasteiger charge is -2.14. The van der Waals surface area contributed by atoms with Gasteiger partial charge >= 0.3 is 0 Å². The predicted octanol–water partition coefficient (Wildman–Crippen LogP) is 16.0. The molecule has 0 radical (unpaired) electrons. The Hall–Kier alpha value is -8.40. The average Bonchev–Trinajstić information content (AvgIpc) is 3.68. The Morgan fingerprint density at radius 3 is 1.65 bits per heavy atom. The molecule has 0 atom stereocenters. The summed E-state index contributed by atoms with van der Waals surface area (Å²) >= 11 is 0. The van der Waals surface area contributed by atoms with Crippen LogP contribution in [0.15, 0.2) is 224 Å². The molecule has 0 aliphatic carbocycles. The highest BCUT2D eigenvalue weighted by molar-refractivity contribution is 6.29. The van der Waals surface area contributed by atoms with Gasteiger partial charge < -0.3 is 0 Å². The van der Waals surface area contributed by atoms with Crippen molar-refractivity contribution in [3.05, 3.63) is 224 Å². The summed E-state index contributed by atoms with van der Waals surface area (Å²) in [6.07, 6.45) is 0. The molecule has 0 amide bonds. The van der Waals surface area contributed by atoms with E-state index in [4.69, 9.17) is 9.97 Å². The smallest absolute Gasteiger partial charge is 0.162 e. The number of benzene rings is 11. The van der Waals surface area contributed by atoms with Gasteiger partial charge in [-0.15, -0.1) is 0 Å². The van der Waals surface area contributed by atoms with Crippen LogP contribution in [0, 0.1) is 0 Å². The maximum absolute atomic E-state index is 5.40. The van der Waals surface area contributed by atoms with Crippen LogP contribution in [-0.4, -0.2) is 14.5 Å². The minimum absolute atomic E-state index is 0.688. The number of rotatable bonds is 5. The molecule has 13 aromatic rings. The Morgan fingerprint density at radius 1 is 0.270 bits per heavy atom. The van der Waals surface area contributed by atoms with Crippen LogP contribution < -0.4 is 0 Å². The van der Waals surface area contributed by atoms with Gasteiger partial charge in [-0.2, -0.15) is 0 Å². The first kappa shape index (κ1) is 35.4. The standard InChI is InChI=1S/C60H37N3/c1-3-16-40(17-4-1)56-37-59(62-60(61-56)41-18-5-2-6-19-41)63-57-31-29-45(47-25-13-21-39-15-9-10-22-46(39)47)34-54(57)55-35-52-49-24-12-11-23-48(49)51-33-44(28-30-50(51)53(52)36-58(55)63)43-27-26-38-14-7-8-20-42(38)32-43/h1-37H. The fraction of sp³-hybridized carbons (Fsp3) is 0. The van der Waals surface area contributed by atoms with Crippen molar-refractivity contribution in [2.75, 3.05) is 0 Å². The molecule has 0 N–H and O–H groups in total. The Balaban J connectivity index is 1.13. The average molecular weight is 800 g/mol. The number of hydrogen-bond donors (Lipinski definition) is 0. The summed E-state index contributed by atoms with van der Waals surface area (Å²) in [5, 5.41) is 14.7. The predicted molar refractivity (Wildman–Crippen MR) is 266 cm³/mol. The third kappa shape index (κ3) is 5.75. The fourth-order valence-corrected chi connectivity index (χ4v) is 9.93. The van der Waals surface area contributed by atoms with Crippen LogP contribution in [0.4, 0.5) is 0 Å². The van der Waals surface area contributed by atoms with E-state index < -0.39 is 0 Å². The maximum atomic E-state index is 5.40. The zero-order valence-electron chi connectivity index (χ0n) is 34.2. The monoisotopic (exact) mass is 799 g/mol. The summed E-state index contributed by atoms with van der Waals surface area (Å²) in [4.78, 5) is 10.6. The van der Waals surface area contributed by atoms with Gasteiger partial charge in [0.2, 0.25) is 0 Å². The zero-order valence-corrected chi connectivity index (χ0v) is 34.2. The van der Waals surface area contributed by atoms with Crippen LogP contribution in [0.3, 0.4) is 0 Å². The molecule has 2 heterocycles. The lowest BCUT2D eigenvalue weighted by atomic mass is 9.90. The number of nitrogens with zero attached hydrogens (tertiary/aromatic N) is 3. The molecule has 0 fully saturated rings. The lowest BCUT2D eigenvalue weighted by Crippen LogP contribution is -2.02. The molecular weight excluding hydrogens is 763 g/mol. The molecule has 0 aliphatic heterocycles. The van der Waals surface area contributed by atoms with E-state index in [1.165, 1.54) is 86.9 Å². The normalized spacial score (nSPS) is 11.8. The van der Waals surface area contributed by atoms with Crippen LogP contribution in [0.25, 0.3) is 126 Å². The van der Waals surface area contributed by atoms with Crippen molar-refractivity contribution in [2.45, 2.75) is 0 Å². The minimum Gasteiger partial charge on any atom is -0.294 e. The second-order valence-electron chi connectivity index (χ2n) is 16.5. The van der Waals surface area contributed by atoms with Gasteiger partial charge in [0.15, 0.2) is 5.82 Å². The molecule has 0 unspecified atom stereocenters. The third-order valence-electron chi connectivity index (χ3n) is 12.9. The Labute approximate surface area is 363 Å². The summed E-state index contributed by atoms with van der Waals surface area (Å²) in [6.45, 7) is 0. The van der Waals surface area contributed by atoms with E-state index in [1.807, 2.05) is 12.1 Å². The van der Waals surface area contributed by atoms with E-state index in [2.05, 4.69) is 217 Å². The molecular formula is C60H37N3. The maximum Gasteiger partial charge on any atom is 0.162 e. The first-order chi connectivity index (χ1) is 31.2. The quantitative estimate of drug-likeness (QED) is 0.162. The SMILES string of the molecule is c1ccc(-c2cc(-n3c4ccc(-c5cccc6ccccc56)cc4c4cc5c6ccccc6c6cc(-c7ccc8ccccc8c7)ccc6c5cc43)nc(-c3ccccc3)n2)cc1. The highest BCUT2D eigenvalue weighted by Crippen LogP contribution is 2.43. The first-order valence-electron chi connectivity index (χ1n) is 21.6. The van der Waals surface area contributed by atoms with Gasteiger partial charge in [-0.25, -0.2) is 9.97 Å². The molecule has 2 aromatic heterocycles. The number of aromatic nitrogens is 3. The van der Waals surface area contributed by atoms with Crippen molar-refractivity contribution in [3.8, 4) is 50.7 Å². The van der Waals surface area contributed by atoms with Crippen LogP contribution >= 0.6 is 0 Å². The molecule has 3 heteroatoms. The third-order valence-corrected chi connectivity index (χ3v) is 12.9. The number of hydrogen-bond acceptors (Lipinski definition) is 2. The van der Waals surface area contributed by atoms with Crippen molar-refractivity contribution >= 4 is 75.7 Å². The van der Waals surface area contributed by atoms with E-state index in [0.29, 0.717) is 5.82 Å². The summed E-state index contributed by atoms with van der Waals surface area (Å²) in [5.74, 6) is 1.51. The molecule has 0 saturated carbocycles. The van der Waals surface area contributed by atoms with E-state index in [9.17, 15) is 0 Å². The van der Waals surface area contributed by atoms with Crippen molar-refractivity contribution < 1.29 is 0 Å². The van der Waals surface area contributed by atoms with Crippen LogP contribution in [0.5, 0.6) is 0 Å². The van der Waals surface area contributed by atoms with Crippen molar-refractivity contribution in [2.24, 2.45) is 0 Å². The topological polar surface area (TPSA) is 30.7 Å². The van der Waals surface area contributed by atoms with Gasteiger partial charge in [-0.3, -0.25) is 4.57 Å². The molecule has 13 rings (SSSR count). The van der Waals surface area contributed by atoms with Gasteiger partial charge in [0, 0.05) is 28.0 Å². The summed E-state index contributed by atoms with van der Waals surface area (Å²) in [6, 6.07) is 81.3. The Kier molecular flexibility index (Phi) is 7.91. The van der Waals surface area contributed by atoms with E-state index >= 15 is 0 Å². The largest absolute Gasteiger partial charge is 0.294 e. The highest BCUT2D eigenvalue weighted by atomic mass is 15.1. The molecule has 63 heavy (non-hydrogen) atoms. The summed E-state index contributed by atoms with van der Waals surface area (Å²) < 4.78 is 2.36. The molecule has 11 aromatic carbocycles. The van der Waals surface area contributed by atoms with Crippen LogP contribution in [-0.2, 0) is 0 Å². The van der Waals surface area contributed by atoms with E-state index in [-0.39, 0.29) is 0 Å². The van der Waals surface area contributed by atoms with Gasteiger partial charge in [-0.1, -0.05) is 182 Å². The zero-order chi connectivity index (χ0) is 41.4. The van der Waals surface area contributed by atoms with Gasteiger partial charge in [0.1, 0.15) is 5.82 Å².